The van der Waals surface area contributed by atoms with Crippen molar-refractivity contribution in [2.24, 2.45) is 10.7 Å². The third-order valence-electron chi connectivity index (χ3n) is 3.80. The lowest BCUT2D eigenvalue weighted by Gasteiger charge is -2.13. The Morgan fingerprint density at radius 2 is 1.69 bits per heavy atom. The molecular formula is C19H14F3N3S. The van der Waals surface area contributed by atoms with Crippen molar-refractivity contribution in [3.05, 3.63) is 71.8 Å². The van der Waals surface area contributed by atoms with Crippen molar-refractivity contribution in [3.8, 4) is 0 Å². The number of hydrogen-bond donors (Lipinski definition) is 2. The van der Waals surface area contributed by atoms with Gasteiger partial charge in [0.2, 0.25) is 0 Å². The summed E-state index contributed by atoms with van der Waals surface area (Å²) in [6.45, 7) is 0. The molecule has 132 valence electrons. The maximum atomic E-state index is 13.1. The number of rotatable bonds is 3. The summed E-state index contributed by atoms with van der Waals surface area (Å²) in [6.07, 6.45) is -4.52. The molecule has 7 heteroatoms. The van der Waals surface area contributed by atoms with Crippen molar-refractivity contribution in [3.63, 3.8) is 0 Å². The number of halogens is 3. The van der Waals surface area contributed by atoms with Gasteiger partial charge in [-0.1, -0.05) is 54.7 Å². The van der Waals surface area contributed by atoms with Gasteiger partial charge in [-0.15, -0.1) is 0 Å². The molecule has 3 N–H and O–H groups in total. The van der Waals surface area contributed by atoms with Gasteiger partial charge >= 0.3 is 6.18 Å². The van der Waals surface area contributed by atoms with Gasteiger partial charge in [0.1, 0.15) is 0 Å². The number of thiocarbonyl (C=S) groups is 1. The molecule has 0 saturated carbocycles. The zero-order valence-corrected chi connectivity index (χ0v) is 14.2. The molecule has 0 heterocycles. The van der Waals surface area contributed by atoms with E-state index in [2.05, 4.69) is 10.3 Å². The highest BCUT2D eigenvalue weighted by atomic mass is 32.1. The molecule has 0 atom stereocenters. The van der Waals surface area contributed by atoms with Crippen LogP contribution in [0.1, 0.15) is 11.1 Å². The first-order valence-corrected chi connectivity index (χ1v) is 8.11. The number of benzene rings is 3. The average molecular weight is 373 g/mol. The fourth-order valence-electron chi connectivity index (χ4n) is 2.65. The summed E-state index contributed by atoms with van der Waals surface area (Å²) >= 11 is 4.75. The lowest BCUT2D eigenvalue weighted by atomic mass is 10.1. The average Bonchev–Trinajstić information content (AvgIpc) is 2.61. The molecule has 3 nitrogen and oxygen atoms in total. The minimum atomic E-state index is -4.52. The van der Waals surface area contributed by atoms with E-state index < -0.39 is 11.7 Å². The number of guanidine groups is 1. The number of nitrogens with two attached hydrogens (primary N) is 1. The molecule has 0 unspecified atom stereocenters. The summed E-state index contributed by atoms with van der Waals surface area (Å²) < 4.78 is 39.3. The van der Waals surface area contributed by atoms with Crippen LogP contribution in [0.25, 0.3) is 10.8 Å². The predicted octanol–water partition coefficient (Wildman–Crippen LogP) is 5.26. The highest BCUT2D eigenvalue weighted by molar-refractivity contribution is 7.79. The van der Waals surface area contributed by atoms with Crippen LogP contribution in [0.2, 0.25) is 0 Å². The van der Waals surface area contributed by atoms with Crippen LogP contribution in [-0.4, -0.2) is 11.3 Å². The van der Waals surface area contributed by atoms with Gasteiger partial charge in [-0.2, -0.15) is 13.2 Å². The molecular weight excluding hydrogens is 359 g/mol. The molecule has 0 radical (unpaired) electrons. The topological polar surface area (TPSA) is 50.4 Å². The van der Waals surface area contributed by atoms with Crippen LogP contribution in [0.15, 0.2) is 65.7 Å². The lowest BCUT2D eigenvalue weighted by Crippen LogP contribution is -2.22. The standard InChI is InChI=1S/C19H14F3N3S/c20-19(21,22)15-8-4-10-17(14(15)11-26)25-18(23)24-16-9-3-6-12-5-1-2-7-13(12)16/h1-11H,(H3,23,24,25). The van der Waals surface area contributed by atoms with Crippen LogP contribution in [-0.2, 0) is 6.18 Å². The second-order valence-electron chi connectivity index (χ2n) is 5.50. The van der Waals surface area contributed by atoms with Gasteiger partial charge in [-0.25, -0.2) is 4.99 Å². The van der Waals surface area contributed by atoms with E-state index in [4.69, 9.17) is 18.0 Å². The normalized spacial score (nSPS) is 12.2. The Labute approximate surface area is 153 Å². The van der Waals surface area contributed by atoms with Crippen molar-refractivity contribution >= 4 is 45.7 Å². The van der Waals surface area contributed by atoms with Crippen molar-refractivity contribution in [2.75, 3.05) is 5.32 Å². The fraction of sp³-hybridized carbons (Fsp3) is 0.0526. The van der Waals surface area contributed by atoms with E-state index in [1.165, 1.54) is 12.1 Å². The molecule has 26 heavy (non-hydrogen) atoms. The van der Waals surface area contributed by atoms with E-state index in [1.807, 2.05) is 42.5 Å². The third kappa shape index (κ3) is 3.67. The molecule has 3 rings (SSSR count). The Hall–Kier alpha value is -2.93. The molecule has 0 fully saturated rings. The number of nitrogens with zero attached hydrogens (tertiary/aromatic N) is 1. The fourth-order valence-corrected chi connectivity index (χ4v) is 2.90. The second-order valence-corrected chi connectivity index (χ2v) is 5.74. The van der Waals surface area contributed by atoms with E-state index in [0.717, 1.165) is 22.2 Å². The Morgan fingerprint density at radius 1 is 1.00 bits per heavy atom. The van der Waals surface area contributed by atoms with Crippen molar-refractivity contribution < 1.29 is 13.2 Å². The second kappa shape index (κ2) is 7.13. The Kier molecular flexibility index (Phi) is 4.90. The first-order valence-electron chi connectivity index (χ1n) is 7.64. The highest BCUT2D eigenvalue weighted by Gasteiger charge is 2.33. The number of hydrogen-bond acceptors (Lipinski definition) is 2. The van der Waals surface area contributed by atoms with E-state index >= 15 is 0 Å². The number of anilines is 1. The highest BCUT2D eigenvalue weighted by Crippen LogP contribution is 2.35. The van der Waals surface area contributed by atoms with Gasteiger partial charge < -0.3 is 11.1 Å². The number of nitrogens with one attached hydrogen (secondary N) is 1. The van der Waals surface area contributed by atoms with Crippen LogP contribution in [0.3, 0.4) is 0 Å². The van der Waals surface area contributed by atoms with E-state index in [9.17, 15) is 13.2 Å². The van der Waals surface area contributed by atoms with Gasteiger partial charge in [-0.05, 0) is 23.6 Å². The van der Waals surface area contributed by atoms with Gasteiger partial charge in [0.05, 0.1) is 11.3 Å². The third-order valence-corrected chi connectivity index (χ3v) is 4.04. The van der Waals surface area contributed by atoms with E-state index in [-0.39, 0.29) is 17.2 Å². The van der Waals surface area contributed by atoms with Crippen LogP contribution in [0, 0.1) is 0 Å². The Balaban J connectivity index is 1.99. The van der Waals surface area contributed by atoms with Crippen LogP contribution < -0.4 is 11.1 Å². The zero-order valence-electron chi connectivity index (χ0n) is 13.4. The monoisotopic (exact) mass is 373 g/mol. The lowest BCUT2D eigenvalue weighted by molar-refractivity contribution is -0.137. The maximum absolute atomic E-state index is 13.1. The number of fused-ring (bicyclic) bond motifs is 1. The minimum absolute atomic E-state index is 0.0289. The van der Waals surface area contributed by atoms with E-state index in [0.29, 0.717) is 5.69 Å². The molecule has 0 amide bonds. The molecule has 0 aliphatic rings. The van der Waals surface area contributed by atoms with Gasteiger partial charge in [0.15, 0.2) is 5.96 Å². The van der Waals surface area contributed by atoms with Crippen molar-refractivity contribution in [1.29, 1.82) is 0 Å². The summed E-state index contributed by atoms with van der Waals surface area (Å²) in [6, 6.07) is 17.0. The minimum Gasteiger partial charge on any atom is -0.369 e. The summed E-state index contributed by atoms with van der Waals surface area (Å²) in [5, 5.41) is 5.83. The van der Waals surface area contributed by atoms with Crippen LogP contribution in [0.5, 0.6) is 0 Å². The molecule has 0 saturated heterocycles. The maximum Gasteiger partial charge on any atom is 0.417 e. The quantitative estimate of drug-likeness (QED) is 0.374. The molecule has 0 aliphatic heterocycles. The SMILES string of the molecule is NC(=Nc1cccc(C(F)(F)F)c1C=S)Nc1cccc2ccccc12. The van der Waals surface area contributed by atoms with Gasteiger partial charge in [0, 0.05) is 22.0 Å². The zero-order chi connectivity index (χ0) is 18.7. The Bertz CT molecular complexity index is 991. The molecule has 3 aromatic rings. The summed E-state index contributed by atoms with van der Waals surface area (Å²) in [4.78, 5) is 4.09. The number of alkyl halides is 3. The summed E-state index contributed by atoms with van der Waals surface area (Å²) in [5.41, 5.74) is 5.66. The first kappa shape index (κ1) is 17.9. The summed E-state index contributed by atoms with van der Waals surface area (Å²) in [5.74, 6) is -0.0289. The molecule has 0 bridgehead atoms. The predicted molar refractivity (Wildman–Crippen MR) is 103 cm³/mol. The number of aliphatic imine (C=N–C) groups is 1. The largest absolute Gasteiger partial charge is 0.417 e. The van der Waals surface area contributed by atoms with Crippen LogP contribution in [0.4, 0.5) is 24.5 Å². The first-order chi connectivity index (χ1) is 12.4. The van der Waals surface area contributed by atoms with Crippen molar-refractivity contribution in [2.45, 2.75) is 6.18 Å². The molecule has 0 aromatic heterocycles. The van der Waals surface area contributed by atoms with Gasteiger partial charge in [-0.3, -0.25) is 0 Å². The Morgan fingerprint density at radius 3 is 2.42 bits per heavy atom. The van der Waals surface area contributed by atoms with Gasteiger partial charge in [0.25, 0.3) is 0 Å². The van der Waals surface area contributed by atoms with Crippen LogP contribution >= 0.6 is 12.2 Å². The molecule has 0 aliphatic carbocycles. The van der Waals surface area contributed by atoms with E-state index in [1.54, 1.807) is 0 Å². The smallest absolute Gasteiger partial charge is 0.369 e. The van der Waals surface area contributed by atoms with Crippen molar-refractivity contribution in [1.82, 2.24) is 0 Å². The molecule has 0 spiro atoms. The molecule has 3 aromatic carbocycles. The summed E-state index contributed by atoms with van der Waals surface area (Å²) in [7, 11) is 0.